The monoisotopic (exact) mass is 426 g/mol. The Labute approximate surface area is 146 Å². The number of thioether (sulfide) groups is 1. The quantitative estimate of drug-likeness (QED) is 0.442. The Kier molecular flexibility index (Phi) is 8.86. The molecule has 4 nitrogen and oxygen atoms in total. The molecule has 1 aliphatic rings. The summed E-state index contributed by atoms with van der Waals surface area (Å²) in [4.78, 5) is 9.93. The second kappa shape index (κ2) is 9.83. The zero-order valence-corrected chi connectivity index (χ0v) is 16.0. The van der Waals surface area contributed by atoms with Crippen LogP contribution in [0.3, 0.4) is 0 Å². The van der Waals surface area contributed by atoms with Crippen LogP contribution in [-0.2, 0) is 6.42 Å². The topological polar surface area (TPSA) is 49.3 Å². The van der Waals surface area contributed by atoms with Crippen molar-refractivity contribution in [3.63, 3.8) is 0 Å². The summed E-state index contributed by atoms with van der Waals surface area (Å²) in [5.41, 5.74) is 0. The van der Waals surface area contributed by atoms with Gasteiger partial charge in [-0.05, 0) is 25.5 Å². The first-order valence-corrected chi connectivity index (χ1v) is 8.71. The molecule has 1 saturated heterocycles. The van der Waals surface area contributed by atoms with Gasteiger partial charge < -0.3 is 10.6 Å². The highest BCUT2D eigenvalue weighted by atomic mass is 127. The predicted octanol–water partition coefficient (Wildman–Crippen LogP) is 2.67. The van der Waals surface area contributed by atoms with E-state index in [1.807, 2.05) is 25.0 Å². The molecule has 1 aromatic rings. The van der Waals surface area contributed by atoms with Crippen molar-refractivity contribution >= 4 is 53.0 Å². The van der Waals surface area contributed by atoms with Gasteiger partial charge in [-0.25, -0.2) is 4.98 Å². The average Bonchev–Trinajstić information content (AvgIpc) is 2.84. The third kappa shape index (κ3) is 6.17. The molecular formula is C13H23IN4S2. The standard InChI is InChI=1S/C13H22N4S2.HI/c1-10-8-16-12(19-10)5-6-15-13(14-2)17-11-4-3-7-18-9-11;/h8,11H,3-7,9H2,1-2H3,(H2,14,15,17);1H. The number of halogens is 1. The minimum atomic E-state index is 0. The molecule has 2 heterocycles. The van der Waals surface area contributed by atoms with Gasteiger partial charge in [-0.1, -0.05) is 0 Å². The first-order valence-electron chi connectivity index (χ1n) is 6.74. The van der Waals surface area contributed by atoms with Gasteiger partial charge in [-0.3, -0.25) is 4.99 Å². The number of guanidine groups is 1. The zero-order chi connectivity index (χ0) is 13.5. The molecule has 0 aromatic carbocycles. The Morgan fingerprint density at radius 3 is 3.00 bits per heavy atom. The van der Waals surface area contributed by atoms with Gasteiger partial charge in [0.25, 0.3) is 0 Å². The minimum absolute atomic E-state index is 0. The van der Waals surface area contributed by atoms with Crippen LogP contribution in [0.5, 0.6) is 0 Å². The number of hydrogen-bond donors (Lipinski definition) is 2. The number of nitrogens with zero attached hydrogens (tertiary/aromatic N) is 2. The third-order valence-corrected chi connectivity index (χ3v) is 5.21. The second-order valence-corrected chi connectivity index (χ2v) is 7.14. The number of aliphatic imine (C=N–C) groups is 1. The van der Waals surface area contributed by atoms with Crippen molar-refractivity contribution in [2.75, 3.05) is 25.1 Å². The van der Waals surface area contributed by atoms with E-state index in [2.05, 4.69) is 27.5 Å². The zero-order valence-electron chi connectivity index (χ0n) is 12.0. The molecule has 1 unspecified atom stereocenters. The molecule has 114 valence electrons. The number of nitrogens with one attached hydrogen (secondary N) is 2. The summed E-state index contributed by atoms with van der Waals surface area (Å²) in [7, 11) is 1.83. The summed E-state index contributed by atoms with van der Waals surface area (Å²) in [5, 5.41) is 8.06. The Hall–Kier alpha value is -0.0200. The molecule has 0 spiro atoms. The van der Waals surface area contributed by atoms with Gasteiger partial charge in [0.15, 0.2) is 5.96 Å². The Morgan fingerprint density at radius 2 is 2.40 bits per heavy atom. The average molecular weight is 426 g/mol. The summed E-state index contributed by atoms with van der Waals surface area (Å²) in [6.07, 6.45) is 5.45. The van der Waals surface area contributed by atoms with Crippen molar-refractivity contribution in [3.05, 3.63) is 16.1 Å². The lowest BCUT2D eigenvalue weighted by atomic mass is 10.2. The van der Waals surface area contributed by atoms with Crippen LogP contribution >= 0.6 is 47.1 Å². The van der Waals surface area contributed by atoms with E-state index < -0.39 is 0 Å². The summed E-state index contributed by atoms with van der Waals surface area (Å²) >= 11 is 3.79. The van der Waals surface area contributed by atoms with E-state index in [9.17, 15) is 0 Å². The Balaban J connectivity index is 0.00000200. The van der Waals surface area contributed by atoms with Gasteiger partial charge in [0.2, 0.25) is 0 Å². The van der Waals surface area contributed by atoms with E-state index in [1.54, 1.807) is 11.3 Å². The smallest absolute Gasteiger partial charge is 0.191 e. The van der Waals surface area contributed by atoms with Crippen molar-refractivity contribution in [1.29, 1.82) is 0 Å². The first kappa shape index (κ1) is 18.0. The van der Waals surface area contributed by atoms with Crippen LogP contribution in [0.1, 0.15) is 22.7 Å². The fourth-order valence-corrected chi connectivity index (χ4v) is 3.91. The number of rotatable bonds is 4. The summed E-state index contributed by atoms with van der Waals surface area (Å²) < 4.78 is 0. The van der Waals surface area contributed by atoms with Gasteiger partial charge in [0.05, 0.1) is 5.01 Å². The first-order chi connectivity index (χ1) is 9.28. The molecular weight excluding hydrogens is 403 g/mol. The molecule has 7 heteroatoms. The minimum Gasteiger partial charge on any atom is -0.356 e. The van der Waals surface area contributed by atoms with Crippen LogP contribution in [0.25, 0.3) is 0 Å². The summed E-state index contributed by atoms with van der Waals surface area (Å²) in [6.45, 7) is 2.97. The number of aryl methyl sites for hydroxylation is 1. The maximum Gasteiger partial charge on any atom is 0.191 e. The Bertz CT molecular complexity index is 416. The molecule has 0 bridgehead atoms. The predicted molar refractivity (Wildman–Crippen MR) is 101 cm³/mol. The van der Waals surface area contributed by atoms with Gasteiger partial charge in [0.1, 0.15) is 0 Å². The molecule has 1 aromatic heterocycles. The van der Waals surface area contributed by atoms with Crippen LogP contribution in [0.4, 0.5) is 0 Å². The van der Waals surface area contributed by atoms with Crippen LogP contribution in [0.15, 0.2) is 11.2 Å². The lowest BCUT2D eigenvalue weighted by Crippen LogP contribution is -2.46. The fourth-order valence-electron chi connectivity index (χ4n) is 2.05. The molecule has 2 N–H and O–H groups in total. The van der Waals surface area contributed by atoms with Crippen molar-refractivity contribution < 1.29 is 0 Å². The van der Waals surface area contributed by atoms with Gasteiger partial charge in [0, 0.05) is 42.9 Å². The second-order valence-electron chi connectivity index (χ2n) is 4.67. The van der Waals surface area contributed by atoms with Crippen molar-refractivity contribution in [3.8, 4) is 0 Å². The molecule has 0 amide bonds. The van der Waals surface area contributed by atoms with Gasteiger partial charge in [-0.15, -0.1) is 35.3 Å². The van der Waals surface area contributed by atoms with Crippen LogP contribution in [0, 0.1) is 6.92 Å². The number of thiazole rings is 1. The van der Waals surface area contributed by atoms with E-state index in [4.69, 9.17) is 0 Å². The van der Waals surface area contributed by atoms with Crippen LogP contribution < -0.4 is 10.6 Å². The maximum atomic E-state index is 4.37. The highest BCUT2D eigenvalue weighted by Gasteiger charge is 2.14. The highest BCUT2D eigenvalue weighted by molar-refractivity contribution is 14.0. The lowest BCUT2D eigenvalue weighted by molar-refractivity contribution is 0.582. The number of hydrogen-bond acceptors (Lipinski definition) is 4. The maximum absolute atomic E-state index is 4.37. The van der Waals surface area contributed by atoms with E-state index in [0.717, 1.165) is 18.9 Å². The van der Waals surface area contributed by atoms with Crippen molar-refractivity contribution in [2.24, 2.45) is 4.99 Å². The normalized spacial score (nSPS) is 19.3. The molecule has 1 aliphatic heterocycles. The Morgan fingerprint density at radius 1 is 1.55 bits per heavy atom. The highest BCUT2D eigenvalue weighted by Crippen LogP contribution is 2.16. The molecule has 1 atom stereocenters. The summed E-state index contributed by atoms with van der Waals surface area (Å²) in [5.74, 6) is 3.40. The van der Waals surface area contributed by atoms with Crippen LogP contribution in [0.2, 0.25) is 0 Å². The molecule has 0 radical (unpaired) electrons. The number of aromatic nitrogens is 1. The van der Waals surface area contributed by atoms with Gasteiger partial charge >= 0.3 is 0 Å². The SMILES string of the molecule is CN=C(NCCc1ncc(C)s1)NC1CCCSC1.I. The fraction of sp³-hybridized carbons (Fsp3) is 0.692. The molecule has 20 heavy (non-hydrogen) atoms. The van der Waals surface area contributed by atoms with E-state index in [0.29, 0.717) is 6.04 Å². The van der Waals surface area contributed by atoms with E-state index >= 15 is 0 Å². The largest absolute Gasteiger partial charge is 0.356 e. The lowest BCUT2D eigenvalue weighted by Gasteiger charge is -2.24. The summed E-state index contributed by atoms with van der Waals surface area (Å²) in [6, 6.07) is 0.562. The van der Waals surface area contributed by atoms with E-state index in [-0.39, 0.29) is 24.0 Å². The van der Waals surface area contributed by atoms with Gasteiger partial charge in [-0.2, -0.15) is 11.8 Å². The molecule has 2 rings (SSSR count). The van der Waals surface area contributed by atoms with Crippen molar-refractivity contribution in [1.82, 2.24) is 15.6 Å². The molecule has 0 aliphatic carbocycles. The van der Waals surface area contributed by atoms with E-state index in [1.165, 1.54) is 34.2 Å². The third-order valence-electron chi connectivity index (χ3n) is 3.03. The van der Waals surface area contributed by atoms with Crippen molar-refractivity contribution in [2.45, 2.75) is 32.2 Å². The van der Waals surface area contributed by atoms with Crippen LogP contribution in [-0.4, -0.2) is 42.1 Å². The molecule has 0 saturated carbocycles. The molecule has 1 fully saturated rings.